The van der Waals surface area contributed by atoms with Gasteiger partial charge in [-0.15, -0.1) is 0 Å². The number of aryl methyl sites for hydroxylation is 1. The molecule has 0 unspecified atom stereocenters. The minimum atomic E-state index is 0.463. The molecular formula is C21H21NSe. The van der Waals surface area contributed by atoms with E-state index in [9.17, 15) is 0 Å². The van der Waals surface area contributed by atoms with E-state index in [4.69, 9.17) is 0 Å². The fraction of sp³-hybridized carbons (Fsp3) is 0.238. The molecule has 23 heavy (non-hydrogen) atoms. The van der Waals surface area contributed by atoms with Crippen LogP contribution in [-0.2, 0) is 6.42 Å². The molecule has 2 aromatic heterocycles. The van der Waals surface area contributed by atoms with E-state index >= 15 is 0 Å². The Morgan fingerprint density at radius 2 is 1.70 bits per heavy atom. The molecule has 0 atom stereocenters. The van der Waals surface area contributed by atoms with E-state index in [1.165, 1.54) is 56.6 Å². The second-order valence-electron chi connectivity index (χ2n) is 6.13. The van der Waals surface area contributed by atoms with E-state index in [0.717, 1.165) is 6.42 Å². The number of hydrogen-bond acceptors (Lipinski definition) is 0. The molecule has 1 nitrogen and oxygen atoms in total. The number of hydrogen-bond donors (Lipinski definition) is 1. The van der Waals surface area contributed by atoms with E-state index in [-0.39, 0.29) is 0 Å². The van der Waals surface area contributed by atoms with Gasteiger partial charge in [0.25, 0.3) is 0 Å². The normalized spacial score (nSPS) is 11.5. The fourth-order valence-corrected chi connectivity index (χ4v) is 5.41. The zero-order chi connectivity index (χ0) is 15.6. The zero-order valence-corrected chi connectivity index (χ0v) is 15.1. The van der Waals surface area contributed by atoms with Gasteiger partial charge in [-0.25, -0.2) is 0 Å². The fourth-order valence-electron chi connectivity index (χ4n) is 3.42. The summed E-state index contributed by atoms with van der Waals surface area (Å²) in [5, 5.41) is 2.81. The molecule has 0 saturated carbocycles. The van der Waals surface area contributed by atoms with Crippen molar-refractivity contribution in [3.63, 3.8) is 0 Å². The Hall–Kier alpha value is -1.76. The number of unbranched alkanes of at least 4 members (excludes halogenated alkanes) is 2. The van der Waals surface area contributed by atoms with E-state index < -0.39 is 0 Å². The van der Waals surface area contributed by atoms with Crippen molar-refractivity contribution in [3.05, 3.63) is 59.2 Å². The SMILES string of the molecule is CCCCCc1[nH]c2ccccc2c1-c1c[se]c2ccccc12. The first-order chi connectivity index (χ1) is 11.4. The molecule has 0 saturated heterocycles. The standard InChI is InChI=1S/C21H21NSe/c1-2-3-4-12-19-21(16-10-5-7-11-18(16)22-19)17-14-23-20-13-8-6-9-15(17)20/h5-11,13-14,22H,2-4,12H2,1H3. The Balaban J connectivity index is 1.91. The maximum atomic E-state index is 3.70. The third kappa shape index (κ3) is 2.67. The van der Waals surface area contributed by atoms with Gasteiger partial charge in [0.1, 0.15) is 0 Å². The Bertz CT molecular complexity index is 945. The van der Waals surface area contributed by atoms with Crippen molar-refractivity contribution in [3.8, 4) is 11.1 Å². The average molecular weight is 366 g/mol. The van der Waals surface area contributed by atoms with Crippen molar-refractivity contribution in [2.24, 2.45) is 0 Å². The van der Waals surface area contributed by atoms with Gasteiger partial charge < -0.3 is 0 Å². The quantitative estimate of drug-likeness (QED) is 0.340. The third-order valence-corrected chi connectivity index (χ3v) is 6.59. The Kier molecular flexibility index (Phi) is 4.11. The molecule has 0 aliphatic heterocycles. The van der Waals surface area contributed by atoms with Crippen molar-refractivity contribution in [1.82, 2.24) is 4.98 Å². The van der Waals surface area contributed by atoms with Crippen molar-refractivity contribution in [1.29, 1.82) is 0 Å². The predicted molar refractivity (Wildman–Crippen MR) is 101 cm³/mol. The molecule has 0 amide bonds. The third-order valence-electron chi connectivity index (χ3n) is 4.56. The van der Waals surface area contributed by atoms with Crippen LogP contribution in [-0.4, -0.2) is 19.5 Å². The molecule has 0 aliphatic carbocycles. The molecule has 0 spiro atoms. The first-order valence-electron chi connectivity index (χ1n) is 8.44. The Morgan fingerprint density at radius 3 is 2.57 bits per heavy atom. The van der Waals surface area contributed by atoms with Crippen LogP contribution in [0.3, 0.4) is 0 Å². The number of aromatic amines is 1. The molecule has 2 aromatic carbocycles. The van der Waals surface area contributed by atoms with Crippen LogP contribution in [0.4, 0.5) is 0 Å². The molecule has 0 aliphatic rings. The second-order valence-corrected chi connectivity index (χ2v) is 8.04. The number of H-pyrrole nitrogens is 1. The summed E-state index contributed by atoms with van der Waals surface area (Å²) in [5.41, 5.74) is 5.58. The van der Waals surface area contributed by atoms with Gasteiger partial charge in [0.2, 0.25) is 0 Å². The van der Waals surface area contributed by atoms with Crippen LogP contribution in [0, 0.1) is 0 Å². The van der Waals surface area contributed by atoms with E-state index in [1.807, 2.05) is 0 Å². The minimum absolute atomic E-state index is 0.463. The van der Waals surface area contributed by atoms with Crippen LogP contribution in [0.15, 0.2) is 53.5 Å². The molecule has 2 heterocycles. The summed E-state index contributed by atoms with van der Waals surface area (Å²) in [7, 11) is 0. The molecule has 0 bridgehead atoms. The van der Waals surface area contributed by atoms with E-state index in [1.54, 1.807) is 0 Å². The number of benzene rings is 2. The molecule has 1 N–H and O–H groups in total. The summed E-state index contributed by atoms with van der Waals surface area (Å²) in [5.74, 6) is 0. The average Bonchev–Trinajstić information content (AvgIpc) is 3.15. The van der Waals surface area contributed by atoms with Gasteiger partial charge in [-0.2, -0.15) is 0 Å². The summed E-state index contributed by atoms with van der Waals surface area (Å²) < 4.78 is 1.51. The summed E-state index contributed by atoms with van der Waals surface area (Å²) in [6, 6.07) is 17.6. The van der Waals surface area contributed by atoms with Gasteiger partial charge in [0, 0.05) is 0 Å². The number of nitrogens with one attached hydrogen (secondary N) is 1. The van der Waals surface area contributed by atoms with Crippen molar-refractivity contribution >= 4 is 35.1 Å². The van der Waals surface area contributed by atoms with Crippen molar-refractivity contribution < 1.29 is 0 Å². The van der Waals surface area contributed by atoms with Gasteiger partial charge in [-0.3, -0.25) is 0 Å². The molecule has 0 radical (unpaired) electrons. The number of fused-ring (bicyclic) bond motifs is 2. The van der Waals surface area contributed by atoms with Crippen LogP contribution < -0.4 is 0 Å². The summed E-state index contributed by atoms with van der Waals surface area (Å²) in [6.07, 6.45) is 4.97. The Morgan fingerprint density at radius 1 is 0.913 bits per heavy atom. The first-order valence-corrected chi connectivity index (χ1v) is 10.3. The molecular weight excluding hydrogens is 345 g/mol. The molecule has 0 fully saturated rings. The number of aromatic nitrogens is 1. The monoisotopic (exact) mass is 367 g/mol. The predicted octanol–water partition coefficient (Wildman–Crippen LogP) is 5.78. The van der Waals surface area contributed by atoms with Gasteiger partial charge >= 0.3 is 143 Å². The van der Waals surface area contributed by atoms with Crippen LogP contribution in [0.5, 0.6) is 0 Å². The van der Waals surface area contributed by atoms with E-state index in [2.05, 4.69) is 65.4 Å². The van der Waals surface area contributed by atoms with Crippen LogP contribution >= 0.6 is 0 Å². The van der Waals surface area contributed by atoms with Crippen LogP contribution in [0.2, 0.25) is 0 Å². The zero-order valence-electron chi connectivity index (χ0n) is 13.4. The molecule has 4 aromatic rings. The first kappa shape index (κ1) is 14.8. The molecule has 4 rings (SSSR count). The molecule has 2 heteroatoms. The van der Waals surface area contributed by atoms with Gasteiger partial charge in [0.15, 0.2) is 0 Å². The summed E-state index contributed by atoms with van der Waals surface area (Å²) in [4.78, 5) is 6.17. The topological polar surface area (TPSA) is 15.8 Å². The second kappa shape index (κ2) is 6.39. The van der Waals surface area contributed by atoms with Gasteiger partial charge in [0.05, 0.1) is 0 Å². The van der Waals surface area contributed by atoms with E-state index in [0.29, 0.717) is 14.5 Å². The van der Waals surface area contributed by atoms with Gasteiger partial charge in [-0.1, -0.05) is 0 Å². The number of para-hydroxylation sites is 1. The summed E-state index contributed by atoms with van der Waals surface area (Å²) >= 11 is 0.463. The van der Waals surface area contributed by atoms with Crippen molar-refractivity contribution in [2.45, 2.75) is 32.6 Å². The van der Waals surface area contributed by atoms with Crippen LogP contribution in [0.25, 0.3) is 31.7 Å². The molecule has 116 valence electrons. The van der Waals surface area contributed by atoms with Crippen LogP contribution in [0.1, 0.15) is 31.9 Å². The van der Waals surface area contributed by atoms with Crippen molar-refractivity contribution in [2.75, 3.05) is 0 Å². The maximum absolute atomic E-state index is 3.70. The Labute approximate surface area is 143 Å². The number of rotatable bonds is 5. The van der Waals surface area contributed by atoms with Gasteiger partial charge in [-0.05, 0) is 0 Å². The summed E-state index contributed by atoms with van der Waals surface area (Å²) in [6.45, 7) is 2.27.